The third kappa shape index (κ3) is 2.88. The van der Waals surface area contributed by atoms with E-state index in [-0.39, 0.29) is 17.3 Å². The molecule has 7 heteroatoms. The van der Waals surface area contributed by atoms with Crippen LogP contribution in [0.4, 0.5) is 5.69 Å². The van der Waals surface area contributed by atoms with Gasteiger partial charge in [0.2, 0.25) is 0 Å². The van der Waals surface area contributed by atoms with Crippen LogP contribution in [0.15, 0.2) is 36.5 Å². The summed E-state index contributed by atoms with van der Waals surface area (Å²) >= 11 is 11.6. The fourth-order valence-corrected chi connectivity index (χ4v) is 1.81. The lowest BCUT2D eigenvalue weighted by molar-refractivity contribution is -0.386. The normalized spacial score (nSPS) is 10.1. The molecule has 0 spiro atoms. The summed E-state index contributed by atoms with van der Waals surface area (Å²) in [5, 5.41) is 11.5. The van der Waals surface area contributed by atoms with E-state index >= 15 is 0 Å². The molecule has 1 aromatic heterocycles. The second-order valence-corrected chi connectivity index (χ2v) is 4.16. The molecule has 0 radical (unpaired) electrons. The Morgan fingerprint density at radius 1 is 1.22 bits per heavy atom. The van der Waals surface area contributed by atoms with Gasteiger partial charge < -0.3 is 4.74 Å². The number of hydrogen-bond donors (Lipinski definition) is 0. The number of nitrogens with zero attached hydrogens (tertiary/aromatic N) is 2. The predicted molar refractivity (Wildman–Crippen MR) is 67.4 cm³/mol. The minimum Gasteiger partial charge on any atom is -0.434 e. The Kier molecular flexibility index (Phi) is 3.64. The van der Waals surface area contributed by atoms with Crippen LogP contribution in [0.2, 0.25) is 10.0 Å². The van der Waals surface area contributed by atoms with Crippen molar-refractivity contribution in [3.8, 4) is 11.6 Å². The molecule has 0 fully saturated rings. The number of benzene rings is 1. The first-order valence-electron chi connectivity index (χ1n) is 4.79. The van der Waals surface area contributed by atoms with Crippen LogP contribution in [0.1, 0.15) is 0 Å². The molecule has 0 aliphatic heterocycles. The topological polar surface area (TPSA) is 65.3 Å². The SMILES string of the molecule is O=[N+]([O-])c1cccnc1Oc1cc(Cl)cc(Cl)c1. The van der Waals surface area contributed by atoms with E-state index in [1.165, 1.54) is 36.5 Å². The van der Waals surface area contributed by atoms with Gasteiger partial charge in [-0.15, -0.1) is 0 Å². The van der Waals surface area contributed by atoms with E-state index in [1.54, 1.807) is 0 Å². The average Bonchev–Trinajstić information content (AvgIpc) is 2.27. The van der Waals surface area contributed by atoms with E-state index < -0.39 is 4.92 Å². The van der Waals surface area contributed by atoms with E-state index in [0.717, 1.165) is 0 Å². The number of ether oxygens (including phenoxy) is 1. The Bertz CT molecular complexity index is 584. The van der Waals surface area contributed by atoms with Crippen molar-refractivity contribution in [1.29, 1.82) is 0 Å². The summed E-state index contributed by atoms with van der Waals surface area (Å²) in [6.07, 6.45) is 1.40. The smallest absolute Gasteiger partial charge is 0.331 e. The minimum atomic E-state index is -0.575. The summed E-state index contributed by atoms with van der Waals surface area (Å²) in [5.41, 5.74) is -0.228. The van der Waals surface area contributed by atoms with Gasteiger partial charge in [0.15, 0.2) is 0 Å². The summed E-state index contributed by atoms with van der Waals surface area (Å²) in [4.78, 5) is 14.0. The maximum Gasteiger partial charge on any atom is 0.331 e. The van der Waals surface area contributed by atoms with Gasteiger partial charge >= 0.3 is 5.69 Å². The number of rotatable bonds is 3. The molecular formula is C11H6Cl2N2O3. The Hall–Kier alpha value is -1.85. The number of nitro groups is 1. The van der Waals surface area contributed by atoms with Crippen molar-refractivity contribution < 1.29 is 9.66 Å². The molecule has 0 saturated heterocycles. The molecule has 0 atom stereocenters. The molecule has 0 aliphatic carbocycles. The highest BCUT2D eigenvalue weighted by molar-refractivity contribution is 6.34. The van der Waals surface area contributed by atoms with Gasteiger partial charge in [0.25, 0.3) is 5.88 Å². The van der Waals surface area contributed by atoms with Crippen LogP contribution in [0, 0.1) is 10.1 Å². The second kappa shape index (κ2) is 5.20. The molecule has 2 rings (SSSR count). The molecule has 18 heavy (non-hydrogen) atoms. The predicted octanol–water partition coefficient (Wildman–Crippen LogP) is 4.09. The molecule has 0 saturated carbocycles. The summed E-state index contributed by atoms with van der Waals surface area (Å²) in [6.45, 7) is 0. The quantitative estimate of drug-likeness (QED) is 0.629. The highest BCUT2D eigenvalue weighted by Gasteiger charge is 2.16. The third-order valence-corrected chi connectivity index (χ3v) is 2.43. The number of pyridine rings is 1. The number of halogens is 2. The van der Waals surface area contributed by atoms with Gasteiger partial charge in [-0.25, -0.2) is 4.98 Å². The van der Waals surface area contributed by atoms with Gasteiger partial charge in [-0.3, -0.25) is 10.1 Å². The zero-order valence-electron chi connectivity index (χ0n) is 8.84. The van der Waals surface area contributed by atoms with Gasteiger partial charge in [-0.05, 0) is 24.3 Å². The van der Waals surface area contributed by atoms with Crippen LogP contribution in [-0.4, -0.2) is 9.91 Å². The summed E-state index contributed by atoms with van der Waals surface area (Å²) < 4.78 is 5.31. The molecule has 0 unspecified atom stereocenters. The van der Waals surface area contributed by atoms with E-state index in [4.69, 9.17) is 27.9 Å². The molecule has 0 aliphatic rings. The summed E-state index contributed by atoms with van der Waals surface area (Å²) in [7, 11) is 0. The first-order valence-corrected chi connectivity index (χ1v) is 5.55. The lowest BCUT2D eigenvalue weighted by atomic mass is 10.3. The zero-order chi connectivity index (χ0) is 13.1. The zero-order valence-corrected chi connectivity index (χ0v) is 10.4. The van der Waals surface area contributed by atoms with Gasteiger partial charge in [0.1, 0.15) is 5.75 Å². The molecular weight excluding hydrogens is 279 g/mol. The number of aromatic nitrogens is 1. The van der Waals surface area contributed by atoms with Crippen LogP contribution in [0.5, 0.6) is 11.6 Å². The molecule has 5 nitrogen and oxygen atoms in total. The fraction of sp³-hybridized carbons (Fsp3) is 0. The van der Waals surface area contributed by atoms with Crippen molar-refractivity contribution in [2.45, 2.75) is 0 Å². The molecule has 0 N–H and O–H groups in total. The van der Waals surface area contributed by atoms with Crippen LogP contribution in [0.25, 0.3) is 0 Å². The second-order valence-electron chi connectivity index (χ2n) is 3.29. The molecule has 1 aromatic carbocycles. The Morgan fingerprint density at radius 2 is 1.89 bits per heavy atom. The first-order chi connectivity index (χ1) is 8.56. The highest BCUT2D eigenvalue weighted by Crippen LogP contribution is 2.31. The Morgan fingerprint density at radius 3 is 2.50 bits per heavy atom. The molecule has 0 bridgehead atoms. The largest absolute Gasteiger partial charge is 0.434 e. The summed E-state index contributed by atoms with van der Waals surface area (Å²) in [5.74, 6) is 0.176. The van der Waals surface area contributed by atoms with Gasteiger partial charge in [0, 0.05) is 22.3 Å². The third-order valence-electron chi connectivity index (χ3n) is 2.00. The molecule has 0 amide bonds. The van der Waals surface area contributed by atoms with Crippen LogP contribution >= 0.6 is 23.2 Å². The summed E-state index contributed by atoms with van der Waals surface area (Å²) in [6, 6.07) is 7.27. The van der Waals surface area contributed by atoms with Crippen LogP contribution < -0.4 is 4.74 Å². The standard InChI is InChI=1S/C11H6Cl2N2O3/c12-7-4-8(13)6-9(5-7)18-11-10(15(16)17)2-1-3-14-11/h1-6H. The van der Waals surface area contributed by atoms with Crippen molar-refractivity contribution in [2.75, 3.05) is 0 Å². The van der Waals surface area contributed by atoms with E-state index in [9.17, 15) is 10.1 Å². The highest BCUT2D eigenvalue weighted by atomic mass is 35.5. The van der Waals surface area contributed by atoms with Crippen LogP contribution in [0.3, 0.4) is 0 Å². The van der Waals surface area contributed by atoms with Crippen LogP contribution in [-0.2, 0) is 0 Å². The van der Waals surface area contributed by atoms with Gasteiger partial charge in [-0.1, -0.05) is 23.2 Å². The van der Waals surface area contributed by atoms with Crippen molar-refractivity contribution in [3.05, 3.63) is 56.7 Å². The van der Waals surface area contributed by atoms with Crippen molar-refractivity contribution in [3.63, 3.8) is 0 Å². The number of hydrogen-bond acceptors (Lipinski definition) is 4. The lowest BCUT2D eigenvalue weighted by Gasteiger charge is -2.05. The maximum absolute atomic E-state index is 10.8. The molecule has 92 valence electrons. The van der Waals surface area contributed by atoms with Crippen molar-refractivity contribution in [2.24, 2.45) is 0 Å². The van der Waals surface area contributed by atoms with Crippen molar-refractivity contribution >= 4 is 28.9 Å². The van der Waals surface area contributed by atoms with Gasteiger partial charge in [0.05, 0.1) is 4.92 Å². The lowest BCUT2D eigenvalue weighted by Crippen LogP contribution is -1.95. The molecule has 2 aromatic rings. The van der Waals surface area contributed by atoms with E-state index in [0.29, 0.717) is 10.0 Å². The van der Waals surface area contributed by atoms with Gasteiger partial charge in [-0.2, -0.15) is 0 Å². The van der Waals surface area contributed by atoms with E-state index in [1.807, 2.05) is 0 Å². The fourth-order valence-electron chi connectivity index (χ4n) is 1.30. The first kappa shape index (κ1) is 12.6. The Balaban J connectivity index is 2.37. The maximum atomic E-state index is 10.8. The van der Waals surface area contributed by atoms with E-state index in [2.05, 4.69) is 4.98 Å². The average molecular weight is 285 g/mol. The monoisotopic (exact) mass is 284 g/mol. The molecule has 1 heterocycles. The van der Waals surface area contributed by atoms with Crippen molar-refractivity contribution in [1.82, 2.24) is 4.98 Å². The Labute approximate surface area is 112 Å². The minimum absolute atomic E-state index is 0.110.